The zero-order valence-corrected chi connectivity index (χ0v) is 14.3. The molecule has 0 bridgehead atoms. The molecule has 0 aliphatic rings. The summed E-state index contributed by atoms with van der Waals surface area (Å²) in [6, 6.07) is 0.936. The van der Waals surface area contributed by atoms with Gasteiger partial charge in [-0.05, 0) is 24.7 Å². The summed E-state index contributed by atoms with van der Waals surface area (Å²) in [5.74, 6) is -1.11. The molecule has 0 aliphatic heterocycles. The van der Waals surface area contributed by atoms with E-state index >= 15 is 0 Å². The molecule has 0 fully saturated rings. The van der Waals surface area contributed by atoms with Crippen LogP contribution in [0.5, 0.6) is 5.75 Å². The number of amides is 1. The maximum atomic E-state index is 12.3. The minimum atomic E-state index is -0.692. The zero-order chi connectivity index (χ0) is 17.5. The molecule has 0 atom stereocenters. The third-order valence-electron chi connectivity index (χ3n) is 4.21. The number of hydrogen-bond donors (Lipinski definition) is 3. The van der Waals surface area contributed by atoms with Gasteiger partial charge >= 0.3 is 0 Å². The summed E-state index contributed by atoms with van der Waals surface area (Å²) in [7, 11) is 0. The molecular weight excluding hydrogens is 296 g/mol. The van der Waals surface area contributed by atoms with E-state index in [-0.39, 0.29) is 11.1 Å². The first-order valence-electron chi connectivity index (χ1n) is 8.32. The van der Waals surface area contributed by atoms with Crippen LogP contribution in [-0.4, -0.2) is 27.5 Å². The van der Waals surface area contributed by atoms with Gasteiger partial charge in [0, 0.05) is 12.6 Å². The number of hydrogen-bond acceptors (Lipinski definition) is 4. The summed E-state index contributed by atoms with van der Waals surface area (Å²) < 4.78 is 0.479. The van der Waals surface area contributed by atoms with Gasteiger partial charge in [-0.15, -0.1) is 0 Å². The second-order valence-corrected chi connectivity index (χ2v) is 6.19. The molecule has 1 rings (SSSR count). The van der Waals surface area contributed by atoms with E-state index in [1.807, 2.05) is 0 Å². The molecule has 6 heteroatoms. The van der Waals surface area contributed by atoms with Gasteiger partial charge in [-0.1, -0.05) is 40.0 Å². The molecule has 0 unspecified atom stereocenters. The van der Waals surface area contributed by atoms with Crippen LogP contribution in [0, 0.1) is 5.41 Å². The van der Waals surface area contributed by atoms with Crippen molar-refractivity contribution in [1.29, 1.82) is 0 Å². The van der Waals surface area contributed by atoms with E-state index in [0.29, 0.717) is 11.3 Å². The average Bonchev–Trinajstić information content (AvgIpc) is 2.49. The van der Waals surface area contributed by atoms with Crippen LogP contribution in [0.15, 0.2) is 17.1 Å². The number of rotatable bonds is 9. The molecule has 0 saturated carbocycles. The van der Waals surface area contributed by atoms with Crippen molar-refractivity contribution in [3.05, 3.63) is 28.2 Å². The number of aromatic hydroxyl groups is 1. The Bertz CT molecular complexity index is 563. The summed E-state index contributed by atoms with van der Waals surface area (Å²) in [6.07, 6.45) is 7.03. The van der Waals surface area contributed by atoms with E-state index in [2.05, 4.69) is 26.1 Å². The molecule has 0 spiro atoms. The number of nitrogens with zero attached hydrogens (tertiary/aromatic N) is 1. The lowest BCUT2D eigenvalue weighted by atomic mass is 9.75. The van der Waals surface area contributed by atoms with Crippen LogP contribution >= 0.6 is 0 Å². The standard InChI is InChI=1S/C17H28N2O4/c1-4-7-17(8-5-2,9-6-3)12-18-16(22)13-10-14(20)15(21)11-19(13)23/h10-11,21,23H,4-9,12H2,1-3H3,(H,18,22). The highest BCUT2D eigenvalue weighted by Gasteiger charge is 2.28. The molecule has 1 heterocycles. The molecule has 0 saturated heterocycles. The van der Waals surface area contributed by atoms with Crippen LogP contribution in [0.3, 0.4) is 0 Å². The Balaban J connectivity index is 2.90. The zero-order valence-electron chi connectivity index (χ0n) is 14.3. The SMILES string of the molecule is CCCC(CCC)(CCC)CNC(=O)c1cc(=O)c(O)cn1O. The van der Waals surface area contributed by atoms with Gasteiger partial charge in [0.15, 0.2) is 5.75 Å². The highest BCUT2D eigenvalue weighted by molar-refractivity contribution is 5.92. The molecular formula is C17H28N2O4. The van der Waals surface area contributed by atoms with Crippen LogP contribution in [0.4, 0.5) is 0 Å². The molecule has 1 aromatic rings. The second-order valence-electron chi connectivity index (χ2n) is 6.19. The van der Waals surface area contributed by atoms with Gasteiger partial charge in [0.1, 0.15) is 5.69 Å². The normalized spacial score (nSPS) is 11.4. The first kappa shape index (κ1) is 19.1. The van der Waals surface area contributed by atoms with Crippen molar-refractivity contribution in [2.45, 2.75) is 59.3 Å². The van der Waals surface area contributed by atoms with Gasteiger partial charge < -0.3 is 15.6 Å². The Morgan fingerprint density at radius 2 is 1.70 bits per heavy atom. The highest BCUT2D eigenvalue weighted by atomic mass is 16.5. The van der Waals surface area contributed by atoms with Crippen LogP contribution in [0.2, 0.25) is 0 Å². The predicted octanol–water partition coefficient (Wildman–Crippen LogP) is 2.91. The lowest BCUT2D eigenvalue weighted by Crippen LogP contribution is -2.39. The summed E-state index contributed by atoms with van der Waals surface area (Å²) >= 11 is 0. The third kappa shape index (κ3) is 5.01. The Hall–Kier alpha value is -1.98. The van der Waals surface area contributed by atoms with Crippen molar-refractivity contribution in [2.24, 2.45) is 5.41 Å². The second kappa shape index (κ2) is 8.60. The molecule has 3 N–H and O–H groups in total. The molecule has 130 valence electrons. The fraction of sp³-hybridized carbons (Fsp3) is 0.647. The van der Waals surface area contributed by atoms with Crippen LogP contribution in [0.25, 0.3) is 0 Å². The minimum absolute atomic E-state index is 0.0470. The number of carbonyl (C=O) groups excluding carboxylic acids is 1. The quantitative estimate of drug-likeness (QED) is 0.609. The van der Waals surface area contributed by atoms with E-state index in [9.17, 15) is 19.9 Å². The van der Waals surface area contributed by atoms with Crippen LogP contribution < -0.4 is 10.7 Å². The summed E-state index contributed by atoms with van der Waals surface area (Å²) in [6.45, 7) is 6.91. The number of nitrogens with one attached hydrogen (secondary N) is 1. The summed E-state index contributed by atoms with van der Waals surface area (Å²) in [5, 5.41) is 21.8. The maximum Gasteiger partial charge on any atom is 0.271 e. The summed E-state index contributed by atoms with van der Waals surface area (Å²) in [5.41, 5.74) is -0.820. The number of carbonyl (C=O) groups is 1. The third-order valence-corrected chi connectivity index (χ3v) is 4.21. The molecule has 0 aliphatic carbocycles. The van der Waals surface area contributed by atoms with Gasteiger partial charge in [-0.25, -0.2) is 0 Å². The van der Waals surface area contributed by atoms with Crippen molar-refractivity contribution in [2.75, 3.05) is 6.54 Å². The Kier molecular flexibility index (Phi) is 7.13. The Labute approximate surface area is 137 Å². The van der Waals surface area contributed by atoms with Crippen molar-refractivity contribution in [3.63, 3.8) is 0 Å². The first-order valence-corrected chi connectivity index (χ1v) is 8.32. The maximum absolute atomic E-state index is 12.3. The van der Waals surface area contributed by atoms with Crippen molar-refractivity contribution < 1.29 is 15.1 Å². The van der Waals surface area contributed by atoms with E-state index < -0.39 is 17.1 Å². The fourth-order valence-electron chi connectivity index (χ4n) is 3.27. The van der Waals surface area contributed by atoms with E-state index in [0.717, 1.165) is 50.8 Å². The molecule has 1 aromatic heterocycles. The van der Waals surface area contributed by atoms with Gasteiger partial charge in [0.05, 0.1) is 6.20 Å². The molecule has 1 amide bonds. The summed E-state index contributed by atoms with van der Waals surface area (Å²) in [4.78, 5) is 23.7. The number of aromatic nitrogens is 1. The molecule has 23 heavy (non-hydrogen) atoms. The monoisotopic (exact) mass is 324 g/mol. The van der Waals surface area contributed by atoms with Gasteiger partial charge in [-0.2, -0.15) is 4.73 Å². The lowest BCUT2D eigenvalue weighted by Gasteiger charge is -2.33. The average molecular weight is 324 g/mol. The van der Waals surface area contributed by atoms with Gasteiger partial charge in [-0.3, -0.25) is 9.59 Å². The fourth-order valence-corrected chi connectivity index (χ4v) is 3.27. The van der Waals surface area contributed by atoms with Crippen LogP contribution in [0.1, 0.15) is 69.8 Å². The largest absolute Gasteiger partial charge is 0.503 e. The Morgan fingerprint density at radius 1 is 1.17 bits per heavy atom. The highest BCUT2D eigenvalue weighted by Crippen LogP contribution is 2.34. The van der Waals surface area contributed by atoms with Crippen molar-refractivity contribution in [3.8, 4) is 5.75 Å². The lowest BCUT2D eigenvalue weighted by molar-refractivity contribution is 0.0859. The van der Waals surface area contributed by atoms with Crippen LogP contribution in [-0.2, 0) is 0 Å². The van der Waals surface area contributed by atoms with Crippen molar-refractivity contribution in [1.82, 2.24) is 10.0 Å². The van der Waals surface area contributed by atoms with Crippen molar-refractivity contribution >= 4 is 5.91 Å². The van der Waals surface area contributed by atoms with Gasteiger partial charge in [0.25, 0.3) is 5.91 Å². The van der Waals surface area contributed by atoms with E-state index in [1.54, 1.807) is 0 Å². The Morgan fingerprint density at radius 3 is 2.17 bits per heavy atom. The smallest absolute Gasteiger partial charge is 0.271 e. The van der Waals surface area contributed by atoms with E-state index in [4.69, 9.17) is 0 Å². The number of pyridine rings is 1. The molecule has 6 nitrogen and oxygen atoms in total. The van der Waals surface area contributed by atoms with E-state index in [1.165, 1.54) is 0 Å². The predicted molar refractivity (Wildman–Crippen MR) is 89.0 cm³/mol. The van der Waals surface area contributed by atoms with Gasteiger partial charge in [0.2, 0.25) is 5.43 Å². The molecule has 0 radical (unpaired) electrons. The first-order chi connectivity index (χ1) is 10.9. The topological polar surface area (TPSA) is 91.6 Å². The molecule has 0 aromatic carbocycles. The minimum Gasteiger partial charge on any atom is -0.503 e.